The largest absolute Gasteiger partial charge is 0.309 e. The molecule has 2 aliphatic heterocycles. The molecule has 0 spiro atoms. The minimum atomic E-state index is 1.03. The molecule has 0 amide bonds. The number of pyridine rings is 1. The van der Waals surface area contributed by atoms with Crippen molar-refractivity contribution in [2.24, 2.45) is 0 Å². The zero-order valence-corrected chi connectivity index (χ0v) is 26.8. The van der Waals surface area contributed by atoms with E-state index in [0.29, 0.717) is 0 Å². The summed E-state index contributed by atoms with van der Waals surface area (Å²) in [5, 5.41) is 2.48. The van der Waals surface area contributed by atoms with Gasteiger partial charge in [0.2, 0.25) is 0 Å². The van der Waals surface area contributed by atoms with Crippen molar-refractivity contribution in [1.29, 1.82) is 0 Å². The SMILES string of the molecule is CC1=C=C2C=CC=CN2C(c2cccc(-c3cc(-c4ccc(C)nc4C)cc(-c4cccc5ccccc45)c3)c2)=C1c1ccccc1. The van der Waals surface area contributed by atoms with E-state index in [1.165, 1.54) is 38.6 Å². The molecule has 0 saturated heterocycles. The van der Waals surface area contributed by atoms with Crippen molar-refractivity contribution in [2.45, 2.75) is 20.8 Å². The van der Waals surface area contributed by atoms with Crippen LogP contribution in [-0.4, -0.2) is 9.88 Å². The first-order chi connectivity index (χ1) is 23.0. The summed E-state index contributed by atoms with van der Waals surface area (Å²) in [5.74, 6) is 0. The fourth-order valence-corrected chi connectivity index (χ4v) is 6.95. The first kappa shape index (κ1) is 28.5. The maximum absolute atomic E-state index is 4.83. The molecule has 2 aliphatic rings. The fraction of sp³-hybridized carbons (Fsp3) is 0.0667. The van der Waals surface area contributed by atoms with Crippen LogP contribution in [0.5, 0.6) is 0 Å². The van der Waals surface area contributed by atoms with Crippen LogP contribution >= 0.6 is 0 Å². The Hall–Kier alpha value is -5.95. The molecular formula is C45H34N2. The van der Waals surface area contributed by atoms with Gasteiger partial charge in [-0.15, -0.1) is 0 Å². The number of rotatable bonds is 5. The monoisotopic (exact) mass is 602 g/mol. The molecule has 3 heterocycles. The van der Waals surface area contributed by atoms with Gasteiger partial charge in [0.05, 0.1) is 11.4 Å². The lowest BCUT2D eigenvalue weighted by Gasteiger charge is -2.32. The second-order valence-electron chi connectivity index (χ2n) is 12.3. The minimum absolute atomic E-state index is 1.03. The number of hydrogen-bond donors (Lipinski definition) is 0. The zero-order valence-electron chi connectivity index (χ0n) is 26.8. The third kappa shape index (κ3) is 5.25. The predicted molar refractivity (Wildman–Crippen MR) is 197 cm³/mol. The molecule has 0 atom stereocenters. The number of fused-ring (bicyclic) bond motifs is 2. The molecule has 0 N–H and O–H groups in total. The van der Waals surface area contributed by atoms with Crippen LogP contribution in [0, 0.1) is 13.8 Å². The Morgan fingerprint density at radius 3 is 2.09 bits per heavy atom. The fourth-order valence-electron chi connectivity index (χ4n) is 6.95. The Kier molecular flexibility index (Phi) is 7.14. The van der Waals surface area contributed by atoms with Crippen LogP contribution in [0.2, 0.25) is 0 Å². The van der Waals surface area contributed by atoms with Crippen molar-refractivity contribution >= 4 is 22.0 Å². The van der Waals surface area contributed by atoms with Gasteiger partial charge in [-0.1, -0.05) is 109 Å². The van der Waals surface area contributed by atoms with Crippen LogP contribution < -0.4 is 0 Å². The highest BCUT2D eigenvalue weighted by Gasteiger charge is 2.25. The molecule has 6 aromatic rings. The highest BCUT2D eigenvalue weighted by Crippen LogP contribution is 2.42. The molecule has 0 bridgehead atoms. The van der Waals surface area contributed by atoms with Crippen LogP contribution in [0.15, 0.2) is 169 Å². The molecule has 0 fully saturated rings. The second-order valence-corrected chi connectivity index (χ2v) is 12.3. The van der Waals surface area contributed by atoms with Crippen molar-refractivity contribution in [2.75, 3.05) is 0 Å². The lowest BCUT2D eigenvalue weighted by atomic mass is 9.88. The molecule has 0 saturated carbocycles. The van der Waals surface area contributed by atoms with Crippen molar-refractivity contribution in [1.82, 2.24) is 9.88 Å². The molecule has 0 unspecified atom stereocenters. The number of benzene rings is 5. The van der Waals surface area contributed by atoms with Crippen LogP contribution in [-0.2, 0) is 0 Å². The van der Waals surface area contributed by atoms with Crippen molar-refractivity contribution < 1.29 is 0 Å². The number of hydrogen-bond acceptors (Lipinski definition) is 2. The summed E-state index contributed by atoms with van der Waals surface area (Å²) in [6, 6.07) is 46.2. The van der Waals surface area contributed by atoms with Gasteiger partial charge >= 0.3 is 0 Å². The smallest absolute Gasteiger partial charge is 0.0888 e. The van der Waals surface area contributed by atoms with Gasteiger partial charge in [0.1, 0.15) is 0 Å². The van der Waals surface area contributed by atoms with E-state index in [1.54, 1.807) is 0 Å². The summed E-state index contributed by atoms with van der Waals surface area (Å²) in [5.41, 5.74) is 19.6. The summed E-state index contributed by atoms with van der Waals surface area (Å²) >= 11 is 0. The van der Waals surface area contributed by atoms with E-state index in [2.05, 4.69) is 183 Å². The van der Waals surface area contributed by atoms with Gasteiger partial charge in [0.15, 0.2) is 0 Å². The Balaban J connectivity index is 1.35. The van der Waals surface area contributed by atoms with E-state index in [1.807, 2.05) is 0 Å². The second kappa shape index (κ2) is 11.8. The first-order valence-corrected chi connectivity index (χ1v) is 16.1. The summed E-state index contributed by atoms with van der Waals surface area (Å²) in [7, 11) is 0. The highest BCUT2D eigenvalue weighted by atomic mass is 15.1. The van der Waals surface area contributed by atoms with Gasteiger partial charge in [-0.2, -0.15) is 0 Å². The third-order valence-electron chi connectivity index (χ3n) is 9.13. The van der Waals surface area contributed by atoms with E-state index in [-0.39, 0.29) is 0 Å². The van der Waals surface area contributed by atoms with Crippen molar-refractivity contribution in [3.05, 3.63) is 191 Å². The minimum Gasteiger partial charge on any atom is -0.309 e. The standard InChI is InChI=1S/C45H34N2/c1-30-25-40-19-9-10-24-47(40)45(44(30)34-14-5-4-6-15-34)36-18-11-17-35(26-36)37-27-38(41-23-22-31(2)46-32(41)3)29-39(28-37)43-21-12-16-33-13-7-8-20-42(33)43/h4-24,26-29H,1-3H3. The Bertz CT molecular complexity index is 2360. The van der Waals surface area contributed by atoms with Gasteiger partial charge in [0, 0.05) is 34.3 Å². The highest BCUT2D eigenvalue weighted by molar-refractivity contribution is 6.01. The average Bonchev–Trinajstić information content (AvgIpc) is 3.11. The summed E-state index contributed by atoms with van der Waals surface area (Å²) in [4.78, 5) is 7.10. The summed E-state index contributed by atoms with van der Waals surface area (Å²) in [6.07, 6.45) is 8.45. The quantitative estimate of drug-likeness (QED) is 0.183. The van der Waals surface area contributed by atoms with E-state index < -0.39 is 0 Å². The molecular weight excluding hydrogens is 569 g/mol. The number of nitrogens with zero attached hydrogens (tertiary/aromatic N) is 2. The maximum Gasteiger partial charge on any atom is 0.0888 e. The number of aryl methyl sites for hydroxylation is 2. The molecule has 1 aromatic heterocycles. The molecule has 0 radical (unpaired) electrons. The molecule has 8 rings (SSSR count). The van der Waals surface area contributed by atoms with E-state index in [9.17, 15) is 0 Å². The Labute approximate surface area is 276 Å². The zero-order chi connectivity index (χ0) is 31.9. The van der Waals surface area contributed by atoms with E-state index in [4.69, 9.17) is 4.98 Å². The normalized spacial score (nSPS) is 13.9. The van der Waals surface area contributed by atoms with Gasteiger partial charge in [-0.3, -0.25) is 4.98 Å². The number of aromatic nitrogens is 1. The Morgan fingerprint density at radius 1 is 0.553 bits per heavy atom. The third-order valence-corrected chi connectivity index (χ3v) is 9.13. The van der Waals surface area contributed by atoms with Crippen molar-refractivity contribution in [3.63, 3.8) is 0 Å². The summed E-state index contributed by atoms with van der Waals surface area (Å²) < 4.78 is 0. The van der Waals surface area contributed by atoms with Crippen LogP contribution in [0.4, 0.5) is 0 Å². The van der Waals surface area contributed by atoms with Gasteiger partial charge in [-0.05, 0) is 113 Å². The Morgan fingerprint density at radius 2 is 1.23 bits per heavy atom. The van der Waals surface area contributed by atoms with Crippen molar-refractivity contribution in [3.8, 4) is 33.4 Å². The average molecular weight is 603 g/mol. The van der Waals surface area contributed by atoms with Crippen LogP contribution in [0.3, 0.4) is 0 Å². The summed E-state index contributed by atoms with van der Waals surface area (Å²) in [6.45, 7) is 6.32. The molecule has 224 valence electrons. The molecule has 2 nitrogen and oxygen atoms in total. The van der Waals surface area contributed by atoms with E-state index in [0.717, 1.165) is 50.6 Å². The van der Waals surface area contributed by atoms with Gasteiger partial charge in [0.25, 0.3) is 0 Å². The number of allylic oxidation sites excluding steroid dienone is 4. The molecule has 0 aliphatic carbocycles. The van der Waals surface area contributed by atoms with Crippen LogP contribution in [0.1, 0.15) is 29.4 Å². The molecule has 2 heteroatoms. The lowest BCUT2D eigenvalue weighted by Crippen LogP contribution is -2.19. The maximum atomic E-state index is 4.83. The van der Waals surface area contributed by atoms with Gasteiger partial charge < -0.3 is 4.90 Å². The molecule has 47 heavy (non-hydrogen) atoms. The first-order valence-electron chi connectivity index (χ1n) is 16.1. The molecule has 5 aromatic carbocycles. The lowest BCUT2D eigenvalue weighted by molar-refractivity contribution is 0.673. The van der Waals surface area contributed by atoms with Gasteiger partial charge in [-0.25, -0.2) is 0 Å². The topological polar surface area (TPSA) is 16.1 Å². The predicted octanol–water partition coefficient (Wildman–Crippen LogP) is 11.5. The van der Waals surface area contributed by atoms with Crippen LogP contribution in [0.25, 0.3) is 55.4 Å². The van der Waals surface area contributed by atoms with E-state index >= 15 is 0 Å².